The van der Waals surface area contributed by atoms with Crippen molar-refractivity contribution in [1.29, 1.82) is 0 Å². The molecule has 2 aromatic rings. The summed E-state index contributed by atoms with van der Waals surface area (Å²) in [6.07, 6.45) is 0.811. The van der Waals surface area contributed by atoms with Crippen LogP contribution in [0.15, 0.2) is 42.5 Å². The van der Waals surface area contributed by atoms with Crippen molar-refractivity contribution in [3.05, 3.63) is 59.4 Å². The van der Waals surface area contributed by atoms with Gasteiger partial charge in [0.15, 0.2) is 11.5 Å². The maximum Gasteiger partial charge on any atom is 0.261 e. The Morgan fingerprint density at radius 3 is 2.20 bits per heavy atom. The molecule has 0 spiro atoms. The zero-order valence-corrected chi connectivity index (χ0v) is 13.8. The lowest BCUT2D eigenvalue weighted by Gasteiger charge is -2.16. The number of ether oxygens (including phenoxy) is 2. The molecule has 3 rings (SSSR count). The summed E-state index contributed by atoms with van der Waals surface area (Å²) in [5.41, 5.74) is 0.787. The minimum absolute atomic E-state index is 0.0530. The number of carbonyl (C=O) groups is 2. The zero-order chi connectivity index (χ0) is 17.8. The number of nitrogens with zero attached hydrogens (tertiary/aromatic N) is 1. The molecule has 25 heavy (non-hydrogen) atoms. The third-order valence-corrected chi connectivity index (χ3v) is 3.82. The molecule has 0 bridgehead atoms. The van der Waals surface area contributed by atoms with Crippen molar-refractivity contribution in [2.75, 3.05) is 19.8 Å². The zero-order valence-electron chi connectivity index (χ0n) is 13.8. The van der Waals surface area contributed by atoms with Gasteiger partial charge >= 0.3 is 0 Å². The van der Waals surface area contributed by atoms with E-state index in [4.69, 9.17) is 9.47 Å². The van der Waals surface area contributed by atoms with Crippen molar-refractivity contribution in [1.82, 2.24) is 4.90 Å². The minimum atomic E-state index is -0.445. The van der Waals surface area contributed by atoms with Crippen LogP contribution >= 0.6 is 0 Å². The summed E-state index contributed by atoms with van der Waals surface area (Å²) in [5.74, 6) is -0.438. The van der Waals surface area contributed by atoms with Gasteiger partial charge in [0.2, 0.25) is 0 Å². The van der Waals surface area contributed by atoms with Crippen molar-refractivity contribution < 1.29 is 23.5 Å². The summed E-state index contributed by atoms with van der Waals surface area (Å²) >= 11 is 0. The Morgan fingerprint density at radius 1 is 0.920 bits per heavy atom. The lowest BCUT2D eigenvalue weighted by Crippen LogP contribution is -2.33. The molecule has 0 aliphatic carbocycles. The molecule has 6 heteroatoms. The van der Waals surface area contributed by atoms with Gasteiger partial charge in [-0.3, -0.25) is 14.5 Å². The van der Waals surface area contributed by atoms with E-state index >= 15 is 0 Å². The highest BCUT2D eigenvalue weighted by Crippen LogP contribution is 2.28. The van der Waals surface area contributed by atoms with Crippen LogP contribution in [0.1, 0.15) is 34.1 Å². The number of amides is 2. The van der Waals surface area contributed by atoms with Crippen LogP contribution in [0.25, 0.3) is 0 Å². The average molecular weight is 343 g/mol. The molecule has 1 aliphatic heterocycles. The van der Waals surface area contributed by atoms with Crippen LogP contribution in [-0.4, -0.2) is 36.5 Å². The first kappa shape index (κ1) is 17.0. The lowest BCUT2D eigenvalue weighted by molar-refractivity contribution is 0.0630. The molecular weight excluding hydrogens is 325 g/mol. The summed E-state index contributed by atoms with van der Waals surface area (Å²) in [6.45, 7) is 2.58. The molecule has 130 valence electrons. The van der Waals surface area contributed by atoms with E-state index in [2.05, 4.69) is 0 Å². The van der Waals surface area contributed by atoms with Crippen LogP contribution < -0.4 is 9.47 Å². The highest BCUT2D eigenvalue weighted by atomic mass is 19.1. The van der Waals surface area contributed by atoms with Crippen molar-refractivity contribution in [2.45, 2.75) is 13.3 Å². The minimum Gasteiger partial charge on any atom is -0.490 e. The van der Waals surface area contributed by atoms with Gasteiger partial charge in [0, 0.05) is 6.07 Å². The maximum atomic E-state index is 13.4. The van der Waals surface area contributed by atoms with Gasteiger partial charge in [-0.05, 0) is 30.7 Å². The Balaban J connectivity index is 1.65. The van der Waals surface area contributed by atoms with Crippen molar-refractivity contribution in [3.63, 3.8) is 0 Å². The smallest absolute Gasteiger partial charge is 0.261 e. The standard InChI is InChI=1S/C19H18FNO4/c1-2-10-24-16-8-7-13(20)12-17(16)25-11-9-21-18(22)14-5-3-4-6-15(14)19(21)23/h3-8,12H,2,9-11H2,1H3. The molecule has 0 fully saturated rings. The summed E-state index contributed by atoms with van der Waals surface area (Å²) < 4.78 is 24.5. The number of benzene rings is 2. The van der Waals surface area contributed by atoms with Crippen LogP contribution in [-0.2, 0) is 0 Å². The van der Waals surface area contributed by atoms with E-state index in [1.165, 1.54) is 18.2 Å². The third kappa shape index (κ3) is 3.47. The third-order valence-electron chi connectivity index (χ3n) is 3.82. The molecule has 0 aromatic heterocycles. The van der Waals surface area contributed by atoms with Gasteiger partial charge in [-0.2, -0.15) is 0 Å². The first-order valence-corrected chi connectivity index (χ1v) is 8.12. The molecule has 0 atom stereocenters. The molecule has 2 amide bonds. The highest BCUT2D eigenvalue weighted by Gasteiger charge is 2.34. The molecule has 1 heterocycles. The highest BCUT2D eigenvalue weighted by molar-refractivity contribution is 6.21. The van der Waals surface area contributed by atoms with Crippen molar-refractivity contribution in [3.8, 4) is 11.5 Å². The van der Waals surface area contributed by atoms with Crippen LogP contribution in [0, 0.1) is 5.82 Å². The van der Waals surface area contributed by atoms with E-state index in [9.17, 15) is 14.0 Å². The number of imide groups is 1. The Morgan fingerprint density at radius 2 is 1.56 bits per heavy atom. The van der Waals surface area contributed by atoms with Gasteiger partial charge in [-0.1, -0.05) is 19.1 Å². The van der Waals surface area contributed by atoms with E-state index in [1.54, 1.807) is 24.3 Å². The summed E-state index contributed by atoms with van der Waals surface area (Å²) in [4.78, 5) is 25.7. The van der Waals surface area contributed by atoms with E-state index in [0.717, 1.165) is 11.3 Å². The second-order valence-corrected chi connectivity index (χ2v) is 5.60. The van der Waals surface area contributed by atoms with Crippen molar-refractivity contribution in [2.24, 2.45) is 0 Å². The van der Waals surface area contributed by atoms with Gasteiger partial charge in [0.1, 0.15) is 12.4 Å². The van der Waals surface area contributed by atoms with Gasteiger partial charge in [-0.25, -0.2) is 4.39 Å². The first-order chi connectivity index (χ1) is 12.1. The molecular formula is C19H18FNO4. The SMILES string of the molecule is CCCOc1ccc(F)cc1OCCN1C(=O)c2ccccc2C1=O. The van der Waals surface area contributed by atoms with E-state index in [1.807, 2.05) is 6.92 Å². The largest absolute Gasteiger partial charge is 0.490 e. The Bertz CT molecular complexity index is 771. The van der Waals surface area contributed by atoms with Crippen LogP contribution in [0.5, 0.6) is 11.5 Å². The fourth-order valence-electron chi connectivity index (χ4n) is 2.62. The normalized spacial score (nSPS) is 13.1. The summed E-state index contributed by atoms with van der Waals surface area (Å²) in [6, 6.07) is 10.7. The van der Waals surface area contributed by atoms with Crippen LogP contribution in [0.3, 0.4) is 0 Å². The molecule has 2 aromatic carbocycles. The molecule has 0 saturated carbocycles. The number of hydrogen-bond donors (Lipinski definition) is 0. The van der Waals surface area contributed by atoms with Gasteiger partial charge < -0.3 is 9.47 Å². The predicted molar refractivity (Wildman–Crippen MR) is 89.5 cm³/mol. The number of halogens is 1. The molecule has 5 nitrogen and oxygen atoms in total. The number of rotatable bonds is 7. The maximum absolute atomic E-state index is 13.4. The van der Waals surface area contributed by atoms with Gasteiger partial charge in [0.25, 0.3) is 11.8 Å². The molecule has 1 aliphatic rings. The van der Waals surface area contributed by atoms with E-state index in [0.29, 0.717) is 23.5 Å². The Kier molecular flexibility index (Phi) is 4.97. The average Bonchev–Trinajstić information content (AvgIpc) is 2.86. The Labute approximate surface area is 145 Å². The molecule has 0 radical (unpaired) electrons. The van der Waals surface area contributed by atoms with Gasteiger partial charge in [-0.15, -0.1) is 0 Å². The second-order valence-electron chi connectivity index (χ2n) is 5.60. The van der Waals surface area contributed by atoms with Crippen LogP contribution in [0.4, 0.5) is 4.39 Å². The molecule has 0 N–H and O–H groups in total. The van der Waals surface area contributed by atoms with E-state index in [-0.39, 0.29) is 30.7 Å². The van der Waals surface area contributed by atoms with Gasteiger partial charge in [0.05, 0.1) is 24.3 Å². The number of carbonyl (C=O) groups excluding carboxylic acids is 2. The molecule has 0 unspecified atom stereocenters. The lowest BCUT2D eigenvalue weighted by atomic mass is 10.1. The van der Waals surface area contributed by atoms with Crippen LogP contribution in [0.2, 0.25) is 0 Å². The molecule has 0 saturated heterocycles. The van der Waals surface area contributed by atoms with E-state index < -0.39 is 5.82 Å². The quantitative estimate of drug-likeness (QED) is 0.724. The number of hydrogen-bond acceptors (Lipinski definition) is 4. The monoisotopic (exact) mass is 343 g/mol. The number of fused-ring (bicyclic) bond motifs is 1. The fraction of sp³-hybridized carbons (Fsp3) is 0.263. The fourth-order valence-corrected chi connectivity index (χ4v) is 2.62. The van der Waals surface area contributed by atoms with Crippen molar-refractivity contribution >= 4 is 11.8 Å². The summed E-state index contributed by atoms with van der Waals surface area (Å²) in [5, 5.41) is 0. The topological polar surface area (TPSA) is 55.8 Å². The Hall–Kier alpha value is -2.89. The second kappa shape index (κ2) is 7.34. The summed E-state index contributed by atoms with van der Waals surface area (Å²) in [7, 11) is 0. The predicted octanol–water partition coefficient (Wildman–Crippen LogP) is 3.29. The first-order valence-electron chi connectivity index (χ1n) is 8.12.